The van der Waals surface area contributed by atoms with Gasteiger partial charge in [0.1, 0.15) is 11.7 Å². The number of carbonyl (C=O) groups excluding carboxylic acids is 2. The number of fused-ring (bicyclic) bond motifs is 1. The Balaban J connectivity index is 1.45. The zero-order valence-electron chi connectivity index (χ0n) is 16.5. The molecule has 2 amide bonds. The second-order valence-electron chi connectivity index (χ2n) is 8.06. The fourth-order valence-corrected chi connectivity index (χ4v) is 4.60. The van der Waals surface area contributed by atoms with Crippen molar-refractivity contribution in [2.45, 2.75) is 55.5 Å². The molecular weight excluding hydrogens is 384 g/mol. The number of nitriles is 1. The van der Waals surface area contributed by atoms with Crippen LogP contribution in [0.25, 0.3) is 10.9 Å². The fraction of sp³-hybridized carbons (Fsp3) is 0.500. The molecule has 4 rings (SSSR count). The van der Waals surface area contributed by atoms with E-state index in [4.69, 9.17) is 0 Å². The number of H-pyrrole nitrogens is 1. The van der Waals surface area contributed by atoms with Crippen molar-refractivity contribution in [2.75, 3.05) is 6.26 Å². The maximum absolute atomic E-state index is 12.9. The topological polar surface area (TPSA) is 97.8 Å². The molecule has 2 aliphatic rings. The number of aromatic nitrogens is 1. The third-order valence-electron chi connectivity index (χ3n) is 6.02. The van der Waals surface area contributed by atoms with Gasteiger partial charge in [-0.25, -0.2) is 0 Å². The largest absolute Gasteiger partial charge is 0.350 e. The normalized spacial score (nSPS) is 22.6. The smallest absolute Gasteiger partial charge is 0.267 e. The summed E-state index contributed by atoms with van der Waals surface area (Å²) in [5.74, 6) is -0.279. The lowest BCUT2D eigenvalue weighted by Gasteiger charge is -2.31. The standard InChI is InChI=1S/C22H26N4O2S/c1-29-15-9-8-14-10-19(24-18(14)11-15)22(28)25-17-5-3-2-4-16(17)21(27)26-20(12-23)13-6-7-13/h8-11,13,16-17,20,24H,2-7H2,1H3,(H,25,28)(H,26,27)/t16-,17?,20-/m1/s1. The Morgan fingerprint density at radius 3 is 2.72 bits per heavy atom. The van der Waals surface area contributed by atoms with Crippen LogP contribution in [-0.2, 0) is 4.79 Å². The summed E-state index contributed by atoms with van der Waals surface area (Å²) in [7, 11) is 0. The Morgan fingerprint density at radius 1 is 1.21 bits per heavy atom. The van der Waals surface area contributed by atoms with Crippen LogP contribution in [0.15, 0.2) is 29.2 Å². The summed E-state index contributed by atoms with van der Waals surface area (Å²) < 4.78 is 0. The van der Waals surface area contributed by atoms with Crippen LogP contribution in [0.1, 0.15) is 49.0 Å². The molecule has 2 aromatic rings. The van der Waals surface area contributed by atoms with Gasteiger partial charge in [0.05, 0.1) is 12.0 Å². The van der Waals surface area contributed by atoms with Crippen molar-refractivity contribution in [3.63, 3.8) is 0 Å². The van der Waals surface area contributed by atoms with Crippen molar-refractivity contribution in [1.29, 1.82) is 5.26 Å². The molecule has 3 N–H and O–H groups in total. The minimum Gasteiger partial charge on any atom is -0.350 e. The van der Waals surface area contributed by atoms with Crippen LogP contribution in [0.4, 0.5) is 0 Å². The van der Waals surface area contributed by atoms with E-state index in [0.717, 1.165) is 54.3 Å². The van der Waals surface area contributed by atoms with E-state index in [9.17, 15) is 14.9 Å². The number of amides is 2. The number of rotatable bonds is 6. The zero-order valence-corrected chi connectivity index (χ0v) is 17.3. The Kier molecular flexibility index (Phi) is 5.81. The van der Waals surface area contributed by atoms with Crippen molar-refractivity contribution >= 4 is 34.5 Å². The zero-order chi connectivity index (χ0) is 20.4. The van der Waals surface area contributed by atoms with Crippen molar-refractivity contribution in [3.8, 4) is 6.07 Å². The monoisotopic (exact) mass is 410 g/mol. The predicted molar refractivity (Wildman–Crippen MR) is 114 cm³/mol. The highest BCUT2D eigenvalue weighted by Crippen LogP contribution is 2.33. The molecule has 1 unspecified atom stereocenters. The summed E-state index contributed by atoms with van der Waals surface area (Å²) in [5, 5.41) is 16.3. The first kappa shape index (κ1) is 19.8. The van der Waals surface area contributed by atoms with Gasteiger partial charge in [0, 0.05) is 21.8 Å². The van der Waals surface area contributed by atoms with E-state index in [0.29, 0.717) is 5.69 Å². The average Bonchev–Trinajstić information content (AvgIpc) is 3.49. The van der Waals surface area contributed by atoms with Crippen molar-refractivity contribution in [1.82, 2.24) is 15.6 Å². The molecule has 2 aliphatic carbocycles. The Morgan fingerprint density at radius 2 is 2.00 bits per heavy atom. The number of carbonyl (C=O) groups is 2. The summed E-state index contributed by atoms with van der Waals surface area (Å²) in [6.07, 6.45) is 7.50. The van der Waals surface area contributed by atoms with Crippen molar-refractivity contribution in [3.05, 3.63) is 30.0 Å². The first-order valence-electron chi connectivity index (χ1n) is 10.3. The van der Waals surface area contributed by atoms with Gasteiger partial charge in [-0.3, -0.25) is 9.59 Å². The Hall–Kier alpha value is -2.46. The van der Waals surface area contributed by atoms with Gasteiger partial charge in [-0.1, -0.05) is 18.9 Å². The first-order valence-corrected chi connectivity index (χ1v) is 11.5. The molecule has 1 aromatic heterocycles. The lowest BCUT2D eigenvalue weighted by Crippen LogP contribution is -2.50. The van der Waals surface area contributed by atoms with Gasteiger partial charge in [0.2, 0.25) is 5.91 Å². The van der Waals surface area contributed by atoms with E-state index in [1.165, 1.54) is 0 Å². The third-order valence-corrected chi connectivity index (χ3v) is 6.75. The second kappa shape index (κ2) is 8.50. The molecule has 2 fully saturated rings. The van der Waals surface area contributed by atoms with Crippen LogP contribution in [0.2, 0.25) is 0 Å². The average molecular weight is 411 g/mol. The molecule has 0 aliphatic heterocycles. The summed E-state index contributed by atoms with van der Waals surface area (Å²) >= 11 is 1.66. The molecule has 2 saturated carbocycles. The van der Waals surface area contributed by atoms with E-state index in [2.05, 4.69) is 21.7 Å². The maximum atomic E-state index is 12.9. The highest BCUT2D eigenvalue weighted by molar-refractivity contribution is 7.98. The number of hydrogen-bond acceptors (Lipinski definition) is 4. The SMILES string of the molecule is CSc1ccc2cc(C(=O)NC3CCCC[C@H]3C(=O)N[C@H](C#N)C3CC3)[nH]c2c1. The maximum Gasteiger partial charge on any atom is 0.267 e. The third kappa shape index (κ3) is 4.43. The second-order valence-corrected chi connectivity index (χ2v) is 8.94. The van der Waals surface area contributed by atoms with E-state index < -0.39 is 6.04 Å². The van der Waals surface area contributed by atoms with Gasteiger partial charge in [-0.15, -0.1) is 11.8 Å². The molecule has 6 nitrogen and oxygen atoms in total. The van der Waals surface area contributed by atoms with Crippen molar-refractivity contribution < 1.29 is 9.59 Å². The summed E-state index contributed by atoms with van der Waals surface area (Å²) in [4.78, 5) is 30.0. The van der Waals surface area contributed by atoms with Crippen LogP contribution in [0, 0.1) is 23.2 Å². The van der Waals surface area contributed by atoms with Crippen LogP contribution in [0.3, 0.4) is 0 Å². The number of nitrogens with zero attached hydrogens (tertiary/aromatic N) is 1. The van der Waals surface area contributed by atoms with Crippen LogP contribution >= 0.6 is 11.8 Å². The number of aromatic amines is 1. The number of benzene rings is 1. The molecule has 0 bridgehead atoms. The molecule has 7 heteroatoms. The van der Waals surface area contributed by atoms with Gasteiger partial charge in [-0.05, 0) is 56.1 Å². The number of thioether (sulfide) groups is 1. The van der Waals surface area contributed by atoms with Crippen molar-refractivity contribution in [2.24, 2.45) is 11.8 Å². The van der Waals surface area contributed by atoms with E-state index in [1.54, 1.807) is 11.8 Å². The lowest BCUT2D eigenvalue weighted by molar-refractivity contribution is -0.127. The summed E-state index contributed by atoms with van der Waals surface area (Å²) in [6, 6.07) is 9.54. The predicted octanol–water partition coefficient (Wildman–Crippen LogP) is 3.60. The van der Waals surface area contributed by atoms with Crippen LogP contribution in [-0.4, -0.2) is 35.1 Å². The molecule has 29 heavy (non-hydrogen) atoms. The highest BCUT2D eigenvalue weighted by Gasteiger charge is 2.37. The fourth-order valence-electron chi connectivity index (χ4n) is 4.16. The first-order chi connectivity index (χ1) is 14.1. The molecule has 152 valence electrons. The number of hydrogen-bond donors (Lipinski definition) is 3. The highest BCUT2D eigenvalue weighted by atomic mass is 32.2. The quantitative estimate of drug-likeness (QED) is 0.634. The molecule has 3 atom stereocenters. The molecule has 0 radical (unpaired) electrons. The van der Waals surface area contributed by atoms with Gasteiger partial charge >= 0.3 is 0 Å². The lowest BCUT2D eigenvalue weighted by atomic mass is 9.83. The van der Waals surface area contributed by atoms with Gasteiger partial charge in [-0.2, -0.15) is 5.26 Å². The van der Waals surface area contributed by atoms with Gasteiger partial charge in [0.15, 0.2) is 0 Å². The summed E-state index contributed by atoms with van der Waals surface area (Å²) in [5.41, 5.74) is 1.44. The number of nitrogens with one attached hydrogen (secondary N) is 3. The van der Waals surface area contributed by atoms with E-state index >= 15 is 0 Å². The summed E-state index contributed by atoms with van der Waals surface area (Å²) in [6.45, 7) is 0. The van der Waals surface area contributed by atoms with E-state index in [1.807, 2.05) is 30.5 Å². The minimum atomic E-state index is -0.403. The molecule has 0 spiro atoms. The Bertz CT molecular complexity index is 959. The molecular formula is C22H26N4O2S. The van der Waals surface area contributed by atoms with Gasteiger partial charge in [0.25, 0.3) is 5.91 Å². The molecule has 1 heterocycles. The van der Waals surface area contributed by atoms with E-state index in [-0.39, 0.29) is 29.7 Å². The van der Waals surface area contributed by atoms with Gasteiger partial charge < -0.3 is 15.6 Å². The molecule has 0 saturated heterocycles. The minimum absolute atomic E-state index is 0.102. The van der Waals surface area contributed by atoms with Crippen LogP contribution < -0.4 is 10.6 Å². The molecule has 1 aromatic carbocycles. The Labute approximate surface area is 174 Å². The van der Waals surface area contributed by atoms with Crippen LogP contribution in [0.5, 0.6) is 0 Å².